The number of hydrogen-bond acceptors (Lipinski definition) is 1. The van der Waals surface area contributed by atoms with E-state index in [0.29, 0.717) is 5.92 Å². The monoisotopic (exact) mass is 168 g/mol. The maximum atomic E-state index is 11.1. The molecule has 0 spiro atoms. The normalized spacial score (nSPS) is 40.8. The molecule has 12 heavy (non-hydrogen) atoms. The molecule has 0 aliphatic heterocycles. The fourth-order valence-electron chi connectivity index (χ4n) is 2.36. The summed E-state index contributed by atoms with van der Waals surface area (Å²) in [6, 6.07) is 0. The zero-order chi connectivity index (χ0) is 9.41. The van der Waals surface area contributed by atoms with Crippen LogP contribution in [0.5, 0.6) is 0 Å². The number of aldehydes is 1. The van der Waals surface area contributed by atoms with E-state index in [2.05, 4.69) is 27.7 Å². The molecular formula is C11H20O. The summed E-state index contributed by atoms with van der Waals surface area (Å²) >= 11 is 0. The summed E-state index contributed by atoms with van der Waals surface area (Å²) in [6.45, 7) is 8.76. The number of carbonyl (C=O) groups excluding carboxylic acids is 1. The van der Waals surface area contributed by atoms with E-state index in [4.69, 9.17) is 0 Å². The van der Waals surface area contributed by atoms with Gasteiger partial charge in [0.15, 0.2) is 0 Å². The van der Waals surface area contributed by atoms with Gasteiger partial charge >= 0.3 is 0 Å². The van der Waals surface area contributed by atoms with E-state index in [1.807, 2.05) is 0 Å². The fourth-order valence-corrected chi connectivity index (χ4v) is 2.36. The van der Waals surface area contributed by atoms with Crippen molar-refractivity contribution in [2.24, 2.45) is 16.7 Å². The first kappa shape index (κ1) is 9.76. The zero-order valence-corrected chi connectivity index (χ0v) is 8.68. The summed E-state index contributed by atoms with van der Waals surface area (Å²) in [5.74, 6) is 0.541. The Bertz CT molecular complexity index is 183. The molecule has 1 saturated carbocycles. The van der Waals surface area contributed by atoms with Crippen LogP contribution < -0.4 is 0 Å². The molecule has 0 N–H and O–H groups in total. The second-order valence-electron chi connectivity index (χ2n) is 5.08. The van der Waals surface area contributed by atoms with E-state index in [1.54, 1.807) is 0 Å². The Hall–Kier alpha value is -0.330. The molecule has 0 aromatic rings. The first-order valence-electron chi connectivity index (χ1n) is 4.90. The van der Waals surface area contributed by atoms with Gasteiger partial charge in [-0.2, -0.15) is 0 Å². The molecule has 0 amide bonds. The second-order valence-corrected chi connectivity index (χ2v) is 5.08. The second kappa shape index (κ2) is 2.86. The molecule has 0 radical (unpaired) electrons. The highest BCUT2D eigenvalue weighted by molar-refractivity contribution is 5.61. The van der Waals surface area contributed by atoms with Gasteiger partial charge in [-0.3, -0.25) is 0 Å². The van der Waals surface area contributed by atoms with E-state index >= 15 is 0 Å². The van der Waals surface area contributed by atoms with Crippen LogP contribution >= 0.6 is 0 Å². The highest BCUT2D eigenvalue weighted by atomic mass is 16.1. The van der Waals surface area contributed by atoms with Crippen LogP contribution in [-0.4, -0.2) is 6.29 Å². The molecule has 2 atom stereocenters. The standard InChI is InChI=1S/C11H20O/c1-9-6-5-7-10(2,3)11(9,4)8-12/h8-9H,5-7H2,1-4H3/t9-,11+/m0/s1. The summed E-state index contributed by atoms with van der Waals surface area (Å²) in [4.78, 5) is 11.1. The van der Waals surface area contributed by atoms with Crippen molar-refractivity contribution >= 4 is 6.29 Å². The van der Waals surface area contributed by atoms with Gasteiger partial charge in [0, 0.05) is 5.41 Å². The van der Waals surface area contributed by atoms with E-state index in [9.17, 15) is 4.79 Å². The van der Waals surface area contributed by atoms with Crippen LogP contribution in [0.15, 0.2) is 0 Å². The van der Waals surface area contributed by atoms with Crippen LogP contribution in [0.4, 0.5) is 0 Å². The highest BCUT2D eigenvalue weighted by Gasteiger charge is 2.46. The van der Waals surface area contributed by atoms with Crippen molar-refractivity contribution in [1.82, 2.24) is 0 Å². The van der Waals surface area contributed by atoms with Crippen LogP contribution in [0.1, 0.15) is 47.0 Å². The van der Waals surface area contributed by atoms with Gasteiger partial charge in [-0.05, 0) is 24.2 Å². The van der Waals surface area contributed by atoms with Crippen molar-refractivity contribution in [3.05, 3.63) is 0 Å². The van der Waals surface area contributed by atoms with E-state index in [0.717, 1.165) is 0 Å². The Labute approximate surface area is 75.5 Å². The average molecular weight is 168 g/mol. The highest BCUT2D eigenvalue weighted by Crippen LogP contribution is 2.51. The van der Waals surface area contributed by atoms with E-state index in [-0.39, 0.29) is 10.8 Å². The Morgan fingerprint density at radius 3 is 2.25 bits per heavy atom. The number of carbonyl (C=O) groups is 1. The lowest BCUT2D eigenvalue weighted by Crippen LogP contribution is -2.44. The minimum atomic E-state index is -0.106. The van der Waals surface area contributed by atoms with Gasteiger partial charge in [-0.25, -0.2) is 0 Å². The lowest BCUT2D eigenvalue weighted by Gasteiger charge is -2.48. The molecule has 0 saturated heterocycles. The minimum absolute atomic E-state index is 0.106. The van der Waals surface area contributed by atoms with Gasteiger partial charge in [-0.1, -0.05) is 34.1 Å². The SMILES string of the molecule is C[C@H]1CCCC(C)(C)[C@]1(C)C=O. The minimum Gasteiger partial charge on any atom is -0.303 e. The van der Waals surface area contributed by atoms with Crippen LogP contribution in [0.2, 0.25) is 0 Å². The number of rotatable bonds is 1. The topological polar surface area (TPSA) is 17.1 Å². The average Bonchev–Trinajstić information content (AvgIpc) is 2.00. The van der Waals surface area contributed by atoms with Crippen LogP contribution in [-0.2, 0) is 4.79 Å². The number of hydrogen-bond donors (Lipinski definition) is 0. The summed E-state index contributed by atoms with van der Waals surface area (Å²) in [5.41, 5.74) is 0.0810. The molecule has 0 heterocycles. The van der Waals surface area contributed by atoms with Crippen molar-refractivity contribution in [3.8, 4) is 0 Å². The van der Waals surface area contributed by atoms with Crippen molar-refractivity contribution < 1.29 is 4.79 Å². The molecule has 0 aromatic heterocycles. The molecule has 1 fully saturated rings. The lowest BCUT2D eigenvalue weighted by atomic mass is 9.55. The van der Waals surface area contributed by atoms with Gasteiger partial charge in [0.05, 0.1) is 0 Å². The third-order valence-corrected chi connectivity index (χ3v) is 4.17. The largest absolute Gasteiger partial charge is 0.303 e. The quantitative estimate of drug-likeness (QED) is 0.550. The Morgan fingerprint density at radius 2 is 1.92 bits per heavy atom. The van der Waals surface area contributed by atoms with Gasteiger partial charge in [0.2, 0.25) is 0 Å². The third kappa shape index (κ3) is 1.19. The van der Waals surface area contributed by atoms with Crippen molar-refractivity contribution in [2.75, 3.05) is 0 Å². The predicted octanol–water partition coefficient (Wildman–Crippen LogP) is 3.04. The van der Waals surface area contributed by atoms with Crippen LogP contribution in [0, 0.1) is 16.7 Å². The molecule has 1 aliphatic rings. The zero-order valence-electron chi connectivity index (χ0n) is 8.68. The van der Waals surface area contributed by atoms with Crippen LogP contribution in [0.25, 0.3) is 0 Å². The Balaban J connectivity index is 2.95. The maximum Gasteiger partial charge on any atom is 0.126 e. The van der Waals surface area contributed by atoms with Gasteiger partial charge in [-0.15, -0.1) is 0 Å². The molecule has 0 aromatic carbocycles. The fraction of sp³-hybridized carbons (Fsp3) is 0.909. The first-order chi connectivity index (χ1) is 5.44. The van der Waals surface area contributed by atoms with Gasteiger partial charge < -0.3 is 4.79 Å². The predicted molar refractivity (Wildman–Crippen MR) is 51.0 cm³/mol. The molecule has 0 bridgehead atoms. The van der Waals surface area contributed by atoms with Gasteiger partial charge in [0.25, 0.3) is 0 Å². The van der Waals surface area contributed by atoms with Gasteiger partial charge in [0.1, 0.15) is 6.29 Å². The molecule has 0 unspecified atom stereocenters. The molecule has 70 valence electrons. The molecule has 1 nitrogen and oxygen atoms in total. The molecular weight excluding hydrogens is 148 g/mol. The van der Waals surface area contributed by atoms with Crippen LogP contribution in [0.3, 0.4) is 0 Å². The first-order valence-corrected chi connectivity index (χ1v) is 4.90. The van der Waals surface area contributed by atoms with E-state index in [1.165, 1.54) is 25.5 Å². The van der Waals surface area contributed by atoms with Crippen molar-refractivity contribution in [3.63, 3.8) is 0 Å². The smallest absolute Gasteiger partial charge is 0.126 e. The molecule has 1 heteroatoms. The maximum absolute atomic E-state index is 11.1. The summed E-state index contributed by atoms with van der Waals surface area (Å²) in [5, 5.41) is 0. The third-order valence-electron chi connectivity index (χ3n) is 4.17. The van der Waals surface area contributed by atoms with Crippen molar-refractivity contribution in [1.29, 1.82) is 0 Å². The Kier molecular flexibility index (Phi) is 2.33. The summed E-state index contributed by atoms with van der Waals surface area (Å²) < 4.78 is 0. The Morgan fingerprint density at radius 1 is 1.33 bits per heavy atom. The van der Waals surface area contributed by atoms with Crippen molar-refractivity contribution in [2.45, 2.75) is 47.0 Å². The lowest BCUT2D eigenvalue weighted by molar-refractivity contribution is -0.129. The van der Waals surface area contributed by atoms with E-state index < -0.39 is 0 Å². The summed E-state index contributed by atoms with van der Waals surface area (Å²) in [7, 11) is 0. The molecule has 1 aliphatic carbocycles. The summed E-state index contributed by atoms with van der Waals surface area (Å²) in [6.07, 6.45) is 4.85. The molecule has 1 rings (SSSR count).